The summed E-state index contributed by atoms with van der Waals surface area (Å²) in [5.41, 5.74) is 0. The van der Waals surface area contributed by atoms with E-state index in [1.165, 1.54) is 6.42 Å². The molecule has 0 aliphatic heterocycles. The second-order valence-electron chi connectivity index (χ2n) is 4.12. The van der Waals surface area contributed by atoms with Crippen LogP contribution in [0.2, 0.25) is 0 Å². The lowest BCUT2D eigenvalue weighted by atomic mass is 9.69. The van der Waals surface area contributed by atoms with Gasteiger partial charge in [0.1, 0.15) is 0 Å². The zero-order chi connectivity index (χ0) is 8.55. The summed E-state index contributed by atoms with van der Waals surface area (Å²) in [6.07, 6.45) is 4.77. The van der Waals surface area contributed by atoms with Gasteiger partial charge in [0, 0.05) is 12.3 Å². The van der Waals surface area contributed by atoms with E-state index in [1.807, 2.05) is 0 Å². The Morgan fingerprint density at radius 1 is 1.17 bits per heavy atom. The van der Waals surface area contributed by atoms with Crippen molar-refractivity contribution in [3.63, 3.8) is 0 Å². The topological polar surface area (TPSA) is 17.1 Å². The molecule has 0 aromatic rings. The molecule has 0 radical (unpaired) electrons. The van der Waals surface area contributed by atoms with Gasteiger partial charge in [0.15, 0.2) is 12.0 Å². The molecule has 0 heterocycles. The van der Waals surface area contributed by atoms with Crippen LogP contribution in [0.3, 0.4) is 0 Å². The molecule has 1 nitrogen and oxygen atoms in total. The van der Waals surface area contributed by atoms with Gasteiger partial charge in [0.2, 0.25) is 0 Å². The van der Waals surface area contributed by atoms with Crippen molar-refractivity contribution in [1.82, 2.24) is 0 Å². The third-order valence-electron chi connectivity index (χ3n) is 3.41. The number of alkyl halides is 1. The summed E-state index contributed by atoms with van der Waals surface area (Å²) in [5, 5.41) is 0. The largest absolute Gasteiger partial charge is 0.296 e. The van der Waals surface area contributed by atoms with Crippen molar-refractivity contribution < 1.29 is 9.18 Å². The first-order valence-electron chi connectivity index (χ1n) is 4.96. The molecule has 2 aliphatic carbocycles. The van der Waals surface area contributed by atoms with Crippen LogP contribution in [0.15, 0.2) is 0 Å². The average Bonchev–Trinajstić information content (AvgIpc) is 2.12. The Bertz CT molecular complexity index is 190. The van der Waals surface area contributed by atoms with Crippen molar-refractivity contribution in [2.45, 2.75) is 44.7 Å². The fourth-order valence-electron chi connectivity index (χ4n) is 2.68. The van der Waals surface area contributed by atoms with Gasteiger partial charge in [-0.2, -0.15) is 0 Å². The van der Waals surface area contributed by atoms with Crippen LogP contribution in [0.1, 0.15) is 38.5 Å². The number of halogens is 1. The van der Waals surface area contributed by atoms with Crippen molar-refractivity contribution in [2.24, 2.45) is 11.8 Å². The molecule has 0 aromatic heterocycles. The quantitative estimate of drug-likeness (QED) is 0.546. The molecular formula is C10H15FO. The lowest BCUT2D eigenvalue weighted by Gasteiger charge is -2.36. The van der Waals surface area contributed by atoms with Gasteiger partial charge in [0.05, 0.1) is 0 Å². The van der Waals surface area contributed by atoms with Gasteiger partial charge in [0.25, 0.3) is 0 Å². The van der Waals surface area contributed by atoms with Crippen LogP contribution in [0.25, 0.3) is 0 Å². The van der Waals surface area contributed by atoms with Gasteiger partial charge in [-0.1, -0.05) is 19.3 Å². The van der Waals surface area contributed by atoms with E-state index in [4.69, 9.17) is 0 Å². The van der Waals surface area contributed by atoms with Crippen LogP contribution in [0, 0.1) is 11.8 Å². The van der Waals surface area contributed by atoms with Gasteiger partial charge in [-0.25, -0.2) is 4.39 Å². The normalized spacial score (nSPS) is 42.4. The van der Waals surface area contributed by atoms with Crippen LogP contribution >= 0.6 is 0 Å². The summed E-state index contributed by atoms with van der Waals surface area (Å²) in [6, 6.07) is 0. The number of carbonyl (C=O) groups is 1. The Kier molecular flexibility index (Phi) is 2.16. The average molecular weight is 170 g/mol. The number of Topliss-reactive ketones (excluding diaryl/α,β-unsaturated/α-hetero) is 1. The number of hydrogen-bond acceptors (Lipinski definition) is 1. The third-order valence-corrected chi connectivity index (χ3v) is 3.41. The molecule has 0 saturated heterocycles. The van der Waals surface area contributed by atoms with Crippen molar-refractivity contribution in [2.75, 3.05) is 0 Å². The van der Waals surface area contributed by atoms with Crippen molar-refractivity contribution in [1.29, 1.82) is 0 Å². The van der Waals surface area contributed by atoms with E-state index in [0.717, 1.165) is 25.7 Å². The Morgan fingerprint density at radius 3 is 2.75 bits per heavy atom. The first kappa shape index (κ1) is 8.21. The molecule has 12 heavy (non-hydrogen) atoms. The summed E-state index contributed by atoms with van der Waals surface area (Å²) in [7, 11) is 0. The zero-order valence-corrected chi connectivity index (χ0v) is 7.26. The van der Waals surface area contributed by atoms with Crippen molar-refractivity contribution in [3.8, 4) is 0 Å². The van der Waals surface area contributed by atoms with Gasteiger partial charge >= 0.3 is 0 Å². The molecule has 2 heteroatoms. The molecule has 2 rings (SSSR count). The molecule has 2 aliphatic rings. The van der Waals surface area contributed by atoms with E-state index >= 15 is 0 Å². The molecule has 0 amide bonds. The molecule has 0 unspecified atom stereocenters. The molecular weight excluding hydrogens is 155 g/mol. The predicted octanol–water partition coefficient (Wildman–Crippen LogP) is 2.49. The SMILES string of the molecule is O=C1CC[C@H]2CCCC[C@@H]2[C@@H]1F. The van der Waals surface area contributed by atoms with Crippen molar-refractivity contribution in [3.05, 3.63) is 0 Å². The standard InChI is InChI=1S/C10H15FO/c11-10-8-4-2-1-3-7(8)5-6-9(10)12/h7-8,10H,1-6H2/t7-,8+,10+/m1/s1. The second-order valence-corrected chi connectivity index (χ2v) is 4.12. The molecule has 0 N–H and O–H groups in total. The van der Waals surface area contributed by atoms with Crippen LogP contribution in [0.5, 0.6) is 0 Å². The van der Waals surface area contributed by atoms with Gasteiger partial charge in [-0.3, -0.25) is 4.79 Å². The molecule has 0 bridgehead atoms. The van der Waals surface area contributed by atoms with Crippen LogP contribution in [0.4, 0.5) is 4.39 Å². The highest BCUT2D eigenvalue weighted by molar-refractivity contribution is 5.84. The molecule has 2 saturated carbocycles. The van der Waals surface area contributed by atoms with Crippen LogP contribution < -0.4 is 0 Å². The summed E-state index contributed by atoms with van der Waals surface area (Å²) in [5.74, 6) is 0.463. The maximum absolute atomic E-state index is 13.4. The fourth-order valence-corrected chi connectivity index (χ4v) is 2.68. The molecule has 2 fully saturated rings. The Hall–Kier alpha value is -0.400. The summed E-state index contributed by atoms with van der Waals surface area (Å²) in [6.45, 7) is 0. The van der Waals surface area contributed by atoms with Gasteiger partial charge < -0.3 is 0 Å². The highest BCUT2D eigenvalue weighted by Gasteiger charge is 2.39. The number of hydrogen-bond donors (Lipinski definition) is 0. The smallest absolute Gasteiger partial charge is 0.167 e. The van der Waals surface area contributed by atoms with E-state index < -0.39 is 6.17 Å². The number of rotatable bonds is 0. The Labute approximate surface area is 72.3 Å². The lowest BCUT2D eigenvalue weighted by Crippen LogP contribution is -2.38. The predicted molar refractivity (Wildman–Crippen MR) is 44.6 cm³/mol. The molecule has 0 aromatic carbocycles. The molecule has 3 atom stereocenters. The van der Waals surface area contributed by atoms with Crippen molar-refractivity contribution >= 4 is 5.78 Å². The first-order valence-corrected chi connectivity index (χ1v) is 4.96. The van der Waals surface area contributed by atoms with E-state index in [9.17, 15) is 9.18 Å². The number of fused-ring (bicyclic) bond motifs is 1. The van der Waals surface area contributed by atoms with Gasteiger partial charge in [-0.15, -0.1) is 0 Å². The molecule has 68 valence electrons. The minimum Gasteiger partial charge on any atom is -0.296 e. The van der Waals surface area contributed by atoms with E-state index in [2.05, 4.69) is 0 Å². The lowest BCUT2D eigenvalue weighted by molar-refractivity contribution is -0.130. The monoisotopic (exact) mass is 170 g/mol. The Morgan fingerprint density at radius 2 is 1.92 bits per heavy atom. The van der Waals surface area contributed by atoms with E-state index in [-0.39, 0.29) is 11.7 Å². The highest BCUT2D eigenvalue weighted by Crippen LogP contribution is 2.40. The fraction of sp³-hybridized carbons (Fsp3) is 0.900. The minimum absolute atomic E-state index is 0.0833. The number of carbonyl (C=O) groups excluding carboxylic acids is 1. The van der Waals surface area contributed by atoms with E-state index in [0.29, 0.717) is 12.3 Å². The Balaban J connectivity index is 2.08. The molecule has 0 spiro atoms. The first-order chi connectivity index (χ1) is 5.79. The summed E-state index contributed by atoms with van der Waals surface area (Å²) in [4.78, 5) is 11.1. The third kappa shape index (κ3) is 1.27. The van der Waals surface area contributed by atoms with E-state index in [1.54, 1.807) is 0 Å². The summed E-state index contributed by atoms with van der Waals surface area (Å²) >= 11 is 0. The van der Waals surface area contributed by atoms with Gasteiger partial charge in [-0.05, 0) is 18.8 Å². The highest BCUT2D eigenvalue weighted by atomic mass is 19.1. The van der Waals surface area contributed by atoms with Crippen LogP contribution in [-0.4, -0.2) is 12.0 Å². The summed E-state index contributed by atoms with van der Waals surface area (Å²) < 4.78 is 13.4. The number of ketones is 1. The maximum atomic E-state index is 13.4. The zero-order valence-electron chi connectivity index (χ0n) is 7.26. The maximum Gasteiger partial charge on any atom is 0.167 e. The second kappa shape index (κ2) is 3.15. The van der Waals surface area contributed by atoms with Crippen LogP contribution in [-0.2, 0) is 4.79 Å². The minimum atomic E-state index is -1.12.